The van der Waals surface area contributed by atoms with Crippen LogP contribution in [0.1, 0.15) is 55.8 Å². The van der Waals surface area contributed by atoms with E-state index in [1.165, 1.54) is 19.1 Å². The Bertz CT molecular complexity index is 1020. The number of halogens is 2. The highest BCUT2D eigenvalue weighted by Gasteiger charge is 2.41. The van der Waals surface area contributed by atoms with Crippen LogP contribution in [0.4, 0.5) is 5.13 Å². The van der Waals surface area contributed by atoms with E-state index in [9.17, 15) is 19.2 Å². The molecule has 1 aromatic heterocycles. The van der Waals surface area contributed by atoms with Crippen LogP contribution < -0.4 is 5.32 Å². The number of rotatable bonds is 3. The van der Waals surface area contributed by atoms with Gasteiger partial charge < -0.3 is 5.32 Å². The largest absolute Gasteiger partial charge is 0.300 e. The second kappa shape index (κ2) is 6.95. The molecule has 144 valence electrons. The number of amides is 3. The maximum Gasteiger partial charge on any atom is 0.262 e. The average Bonchev–Trinajstić information content (AvgIpc) is 3.16. The number of hydrogen-bond donors (Lipinski definition) is 1. The first kappa shape index (κ1) is 19.0. The molecule has 0 radical (unpaired) electrons. The number of Topliss-reactive ketones (excluding diaryl/α,β-unsaturated/α-hetero) is 1. The van der Waals surface area contributed by atoms with Gasteiger partial charge in [0.15, 0.2) is 10.9 Å². The fourth-order valence-corrected chi connectivity index (χ4v) is 4.56. The number of fused-ring (bicyclic) bond motifs is 2. The smallest absolute Gasteiger partial charge is 0.262 e. The number of carbonyl (C=O) groups is 4. The van der Waals surface area contributed by atoms with Gasteiger partial charge in [-0.05, 0) is 31.9 Å². The number of nitrogens with one attached hydrogen (secondary N) is 1. The number of ketones is 1. The van der Waals surface area contributed by atoms with Gasteiger partial charge in [0.25, 0.3) is 11.8 Å². The molecule has 0 bridgehead atoms. The molecule has 3 amide bonds. The molecule has 0 saturated heterocycles. The maximum atomic E-state index is 12.6. The lowest BCUT2D eigenvalue weighted by molar-refractivity contribution is -0.119. The molecule has 4 rings (SSSR count). The van der Waals surface area contributed by atoms with E-state index < -0.39 is 23.8 Å². The number of carbonyl (C=O) groups excluding carboxylic acids is 4. The van der Waals surface area contributed by atoms with E-state index in [-0.39, 0.29) is 32.1 Å². The molecule has 0 fully saturated rings. The zero-order valence-electron chi connectivity index (χ0n) is 14.5. The summed E-state index contributed by atoms with van der Waals surface area (Å²) >= 11 is 13.0. The molecule has 10 heteroatoms. The van der Waals surface area contributed by atoms with Gasteiger partial charge in [0, 0.05) is 6.42 Å². The Kier molecular flexibility index (Phi) is 4.73. The minimum Gasteiger partial charge on any atom is -0.300 e. The van der Waals surface area contributed by atoms with Crippen molar-refractivity contribution in [3.05, 3.63) is 43.9 Å². The molecular formula is C18H13Cl2N3O4S. The molecule has 2 aliphatic rings. The van der Waals surface area contributed by atoms with Crippen molar-refractivity contribution in [2.24, 2.45) is 0 Å². The first-order chi connectivity index (χ1) is 13.3. The number of aryl methyl sites for hydroxylation is 1. The normalized spacial score (nSPS) is 16.8. The average molecular weight is 438 g/mol. The van der Waals surface area contributed by atoms with Gasteiger partial charge in [0.1, 0.15) is 6.04 Å². The van der Waals surface area contributed by atoms with E-state index in [2.05, 4.69) is 10.3 Å². The monoisotopic (exact) mass is 437 g/mol. The van der Waals surface area contributed by atoms with Crippen LogP contribution >= 0.6 is 34.5 Å². The van der Waals surface area contributed by atoms with Crippen LogP contribution in [0.3, 0.4) is 0 Å². The summed E-state index contributed by atoms with van der Waals surface area (Å²) in [7, 11) is 0. The third kappa shape index (κ3) is 3.01. The Labute approximate surface area is 173 Å². The summed E-state index contributed by atoms with van der Waals surface area (Å²) in [4.78, 5) is 55.6. The topological polar surface area (TPSA) is 96.4 Å². The van der Waals surface area contributed by atoms with Gasteiger partial charge in [-0.15, -0.1) is 0 Å². The molecular weight excluding hydrogens is 425 g/mol. The Balaban J connectivity index is 1.55. The quantitative estimate of drug-likeness (QED) is 0.739. The van der Waals surface area contributed by atoms with Crippen LogP contribution in [0.2, 0.25) is 10.0 Å². The summed E-state index contributed by atoms with van der Waals surface area (Å²) in [6.07, 6.45) is 1.89. The molecule has 2 heterocycles. The van der Waals surface area contributed by atoms with Crippen LogP contribution in [0.5, 0.6) is 0 Å². The molecule has 7 nitrogen and oxygen atoms in total. The van der Waals surface area contributed by atoms with Crippen molar-refractivity contribution < 1.29 is 19.2 Å². The number of imide groups is 1. The lowest BCUT2D eigenvalue weighted by atomic mass is 10.0. The predicted molar refractivity (Wildman–Crippen MR) is 104 cm³/mol. The van der Waals surface area contributed by atoms with Crippen LogP contribution in [0.15, 0.2) is 12.1 Å². The Morgan fingerprint density at radius 2 is 1.75 bits per heavy atom. The van der Waals surface area contributed by atoms with Gasteiger partial charge in [-0.3, -0.25) is 24.1 Å². The van der Waals surface area contributed by atoms with E-state index in [1.54, 1.807) is 0 Å². The second-order valence-corrected chi connectivity index (χ2v) is 8.34. The number of benzene rings is 1. The van der Waals surface area contributed by atoms with Gasteiger partial charge >= 0.3 is 0 Å². The highest BCUT2D eigenvalue weighted by Crippen LogP contribution is 2.33. The van der Waals surface area contributed by atoms with E-state index in [4.69, 9.17) is 23.2 Å². The molecule has 28 heavy (non-hydrogen) atoms. The summed E-state index contributed by atoms with van der Waals surface area (Å²) in [5.41, 5.74) is 0.887. The van der Waals surface area contributed by atoms with Crippen molar-refractivity contribution >= 4 is 63.2 Å². The SMILES string of the molecule is CC(C(=O)Nc1nc2c(s1)C(=O)CCC2)N1C(=O)c2cc(Cl)c(Cl)cc2C1=O. The Morgan fingerprint density at radius 1 is 1.14 bits per heavy atom. The molecule has 1 unspecified atom stereocenters. The third-order valence-electron chi connectivity index (χ3n) is 4.72. The van der Waals surface area contributed by atoms with Crippen LogP contribution in [0, 0.1) is 0 Å². The van der Waals surface area contributed by atoms with Crippen molar-refractivity contribution in [3.8, 4) is 0 Å². The van der Waals surface area contributed by atoms with Gasteiger partial charge in [-0.25, -0.2) is 4.98 Å². The highest BCUT2D eigenvalue weighted by molar-refractivity contribution is 7.17. The maximum absolute atomic E-state index is 12.6. The standard InChI is InChI=1S/C18H13Cl2N3O4S/c1-7(15(25)22-18-21-12-3-2-4-13(24)14(12)28-18)23-16(26)8-5-10(19)11(20)6-9(8)17(23)27/h5-7H,2-4H2,1H3,(H,21,22,25). The molecule has 2 aromatic rings. The summed E-state index contributed by atoms with van der Waals surface area (Å²) in [5.74, 6) is -1.80. The second-order valence-electron chi connectivity index (χ2n) is 6.53. The van der Waals surface area contributed by atoms with Crippen molar-refractivity contribution in [2.75, 3.05) is 5.32 Å². The number of hydrogen-bond acceptors (Lipinski definition) is 6. The van der Waals surface area contributed by atoms with Crippen molar-refractivity contribution in [2.45, 2.75) is 32.2 Å². The minimum absolute atomic E-state index is 0.0152. The van der Waals surface area contributed by atoms with Crippen LogP contribution in [-0.2, 0) is 11.2 Å². The number of aromatic nitrogens is 1. The van der Waals surface area contributed by atoms with E-state index in [0.29, 0.717) is 23.4 Å². The molecule has 1 aliphatic carbocycles. The van der Waals surface area contributed by atoms with E-state index in [1.807, 2.05) is 0 Å². The fourth-order valence-electron chi connectivity index (χ4n) is 3.25. The van der Waals surface area contributed by atoms with Gasteiger partial charge in [0.2, 0.25) is 5.91 Å². The number of thiazole rings is 1. The molecule has 1 atom stereocenters. The molecule has 1 aromatic carbocycles. The Hall–Kier alpha value is -2.29. The van der Waals surface area contributed by atoms with E-state index in [0.717, 1.165) is 22.7 Å². The van der Waals surface area contributed by atoms with Gasteiger partial charge in [-0.2, -0.15) is 0 Å². The predicted octanol–water partition coefficient (Wildman–Crippen LogP) is 3.59. The van der Waals surface area contributed by atoms with E-state index >= 15 is 0 Å². The highest BCUT2D eigenvalue weighted by atomic mass is 35.5. The molecule has 1 aliphatic heterocycles. The van der Waals surface area contributed by atoms with Crippen molar-refractivity contribution in [3.63, 3.8) is 0 Å². The first-order valence-electron chi connectivity index (χ1n) is 8.48. The lowest BCUT2D eigenvalue weighted by Gasteiger charge is -2.21. The number of anilines is 1. The van der Waals surface area contributed by atoms with Gasteiger partial charge in [0.05, 0.1) is 31.7 Å². The minimum atomic E-state index is -1.08. The van der Waals surface area contributed by atoms with Crippen molar-refractivity contribution in [1.82, 2.24) is 9.88 Å². The third-order valence-corrected chi connectivity index (χ3v) is 6.50. The van der Waals surface area contributed by atoms with Gasteiger partial charge in [-0.1, -0.05) is 34.5 Å². The Morgan fingerprint density at radius 3 is 2.32 bits per heavy atom. The molecule has 0 spiro atoms. The van der Waals surface area contributed by atoms with Crippen molar-refractivity contribution in [1.29, 1.82) is 0 Å². The fraction of sp³-hybridized carbons (Fsp3) is 0.278. The summed E-state index contributed by atoms with van der Waals surface area (Å²) in [5, 5.41) is 3.19. The van der Waals surface area contributed by atoms with Crippen LogP contribution in [-0.4, -0.2) is 39.4 Å². The van der Waals surface area contributed by atoms with Crippen LogP contribution in [0.25, 0.3) is 0 Å². The summed E-state index contributed by atoms with van der Waals surface area (Å²) < 4.78 is 0. The number of nitrogens with zero attached hydrogens (tertiary/aromatic N) is 2. The molecule has 0 saturated carbocycles. The lowest BCUT2D eigenvalue weighted by Crippen LogP contribution is -2.45. The summed E-state index contributed by atoms with van der Waals surface area (Å²) in [6, 6.07) is 1.57. The zero-order valence-corrected chi connectivity index (χ0v) is 16.9. The first-order valence-corrected chi connectivity index (χ1v) is 10.1. The zero-order chi connectivity index (χ0) is 20.2. The molecule has 1 N–H and O–H groups in total. The summed E-state index contributed by atoms with van der Waals surface area (Å²) in [6.45, 7) is 1.44.